The number of rotatable bonds is 6. The molecule has 1 aromatic heterocycles. The first kappa shape index (κ1) is 14.5. The monoisotopic (exact) mass is 276 g/mol. The quantitative estimate of drug-likeness (QED) is 0.808. The summed E-state index contributed by atoms with van der Waals surface area (Å²) in [6, 6.07) is 1.58. The highest BCUT2D eigenvalue weighted by atomic mass is 16.5. The van der Waals surface area contributed by atoms with Crippen LogP contribution in [0.15, 0.2) is 12.3 Å². The summed E-state index contributed by atoms with van der Waals surface area (Å²) in [7, 11) is 1.46. The fourth-order valence-corrected chi connectivity index (χ4v) is 2.23. The molecule has 1 N–H and O–H groups in total. The molecular weight excluding hydrogens is 256 g/mol. The lowest BCUT2D eigenvalue weighted by Crippen LogP contribution is -2.24. The number of Topliss-reactive ketones (excluding diaryl/α,β-unsaturated/α-hetero) is 1. The number of carbonyl (C=O) groups excluding carboxylic acids is 2. The van der Waals surface area contributed by atoms with E-state index in [9.17, 15) is 9.59 Å². The van der Waals surface area contributed by atoms with Crippen molar-refractivity contribution in [3.8, 4) is 5.88 Å². The Labute approximate surface area is 118 Å². The largest absolute Gasteiger partial charge is 0.480 e. The van der Waals surface area contributed by atoms with E-state index in [1.54, 1.807) is 6.07 Å². The van der Waals surface area contributed by atoms with Crippen molar-refractivity contribution in [3.63, 3.8) is 0 Å². The standard InChI is InChI=1S/C15H20N2O3/c1-4-16-14(19)12-6-11(8-17-15(12)20-3)13(18)7-10-5-9(10)2/h6,8-10H,4-5,7H2,1-3H3,(H,16,19)/t9-,10+/m0/s1. The molecule has 0 radical (unpaired) electrons. The van der Waals surface area contributed by atoms with Crippen LogP contribution in [0.4, 0.5) is 0 Å². The lowest BCUT2D eigenvalue weighted by Gasteiger charge is -2.09. The second-order valence-electron chi connectivity index (χ2n) is 5.24. The molecule has 5 heteroatoms. The van der Waals surface area contributed by atoms with Crippen LogP contribution in [0.2, 0.25) is 0 Å². The molecule has 1 fully saturated rings. The first-order chi connectivity index (χ1) is 9.56. The molecule has 1 aliphatic rings. The van der Waals surface area contributed by atoms with Crippen molar-refractivity contribution in [2.45, 2.75) is 26.7 Å². The normalized spacial score (nSPS) is 20.4. The number of amides is 1. The number of nitrogens with one attached hydrogen (secondary N) is 1. The Hall–Kier alpha value is -1.91. The van der Waals surface area contributed by atoms with Crippen LogP contribution in [0.1, 0.15) is 47.4 Å². The summed E-state index contributed by atoms with van der Waals surface area (Å²) < 4.78 is 5.07. The molecule has 108 valence electrons. The number of hydrogen-bond donors (Lipinski definition) is 1. The van der Waals surface area contributed by atoms with Gasteiger partial charge in [0.25, 0.3) is 5.91 Å². The number of ether oxygens (including phenoxy) is 1. The van der Waals surface area contributed by atoms with Crippen LogP contribution in [0, 0.1) is 11.8 Å². The molecule has 0 bridgehead atoms. The molecule has 0 aromatic carbocycles. The average molecular weight is 276 g/mol. The third-order valence-corrected chi connectivity index (χ3v) is 3.67. The third kappa shape index (κ3) is 3.15. The second kappa shape index (κ2) is 6.03. The van der Waals surface area contributed by atoms with E-state index in [0.717, 1.165) is 6.42 Å². The van der Waals surface area contributed by atoms with E-state index in [0.29, 0.717) is 35.9 Å². The molecule has 0 unspecified atom stereocenters. The Morgan fingerprint density at radius 1 is 1.50 bits per heavy atom. The van der Waals surface area contributed by atoms with Crippen LogP contribution in [-0.4, -0.2) is 30.3 Å². The predicted octanol–water partition coefficient (Wildman–Crippen LogP) is 2.07. The maximum Gasteiger partial charge on any atom is 0.256 e. The van der Waals surface area contributed by atoms with Crippen LogP contribution in [-0.2, 0) is 0 Å². The Bertz CT molecular complexity index is 528. The van der Waals surface area contributed by atoms with Gasteiger partial charge in [-0.3, -0.25) is 9.59 Å². The van der Waals surface area contributed by atoms with E-state index in [1.165, 1.54) is 13.3 Å². The molecule has 2 atom stereocenters. The number of nitrogens with zero attached hydrogens (tertiary/aromatic N) is 1. The molecule has 1 saturated carbocycles. The van der Waals surface area contributed by atoms with Crippen LogP contribution < -0.4 is 10.1 Å². The zero-order valence-electron chi connectivity index (χ0n) is 12.1. The van der Waals surface area contributed by atoms with Crippen molar-refractivity contribution in [1.82, 2.24) is 10.3 Å². The van der Waals surface area contributed by atoms with Crippen molar-refractivity contribution in [3.05, 3.63) is 23.4 Å². The highest BCUT2D eigenvalue weighted by Crippen LogP contribution is 2.41. The molecule has 2 rings (SSSR count). The molecule has 1 aliphatic carbocycles. The fourth-order valence-electron chi connectivity index (χ4n) is 2.23. The number of pyridine rings is 1. The Kier molecular flexibility index (Phi) is 4.37. The molecule has 20 heavy (non-hydrogen) atoms. The summed E-state index contributed by atoms with van der Waals surface area (Å²) in [5.74, 6) is 1.13. The molecule has 5 nitrogen and oxygen atoms in total. The minimum atomic E-state index is -0.272. The molecular formula is C15H20N2O3. The molecule has 1 heterocycles. The van der Waals surface area contributed by atoms with E-state index in [2.05, 4.69) is 17.2 Å². The van der Waals surface area contributed by atoms with Gasteiger partial charge in [-0.15, -0.1) is 0 Å². The lowest BCUT2D eigenvalue weighted by atomic mass is 10.0. The van der Waals surface area contributed by atoms with Gasteiger partial charge < -0.3 is 10.1 Å². The molecule has 0 spiro atoms. The maximum absolute atomic E-state index is 12.2. The van der Waals surface area contributed by atoms with Gasteiger partial charge >= 0.3 is 0 Å². The van der Waals surface area contributed by atoms with Gasteiger partial charge in [0, 0.05) is 24.7 Å². The second-order valence-corrected chi connectivity index (χ2v) is 5.24. The van der Waals surface area contributed by atoms with E-state index < -0.39 is 0 Å². The maximum atomic E-state index is 12.2. The minimum Gasteiger partial charge on any atom is -0.480 e. The van der Waals surface area contributed by atoms with Gasteiger partial charge in [-0.2, -0.15) is 0 Å². The predicted molar refractivity (Wildman–Crippen MR) is 75.0 cm³/mol. The van der Waals surface area contributed by atoms with Gasteiger partial charge in [0.2, 0.25) is 5.88 Å². The number of aromatic nitrogens is 1. The highest BCUT2D eigenvalue weighted by Gasteiger charge is 2.34. The summed E-state index contributed by atoms with van der Waals surface area (Å²) in [4.78, 5) is 28.2. The van der Waals surface area contributed by atoms with Gasteiger partial charge in [0.15, 0.2) is 5.78 Å². The van der Waals surface area contributed by atoms with Crippen molar-refractivity contribution in [2.75, 3.05) is 13.7 Å². The van der Waals surface area contributed by atoms with Crippen LogP contribution >= 0.6 is 0 Å². The van der Waals surface area contributed by atoms with Gasteiger partial charge in [-0.1, -0.05) is 6.92 Å². The SMILES string of the molecule is CCNC(=O)c1cc(C(=O)C[C@H]2C[C@@H]2C)cnc1OC. The van der Waals surface area contributed by atoms with E-state index in [1.807, 2.05) is 6.92 Å². The zero-order chi connectivity index (χ0) is 14.7. The summed E-state index contributed by atoms with van der Waals surface area (Å²) in [5.41, 5.74) is 0.787. The summed E-state index contributed by atoms with van der Waals surface area (Å²) in [6.45, 7) is 4.49. The number of hydrogen-bond acceptors (Lipinski definition) is 4. The first-order valence-corrected chi connectivity index (χ1v) is 6.92. The van der Waals surface area contributed by atoms with Crippen molar-refractivity contribution < 1.29 is 14.3 Å². The van der Waals surface area contributed by atoms with Crippen molar-refractivity contribution in [1.29, 1.82) is 0 Å². The van der Waals surface area contributed by atoms with Crippen LogP contribution in [0.3, 0.4) is 0 Å². The molecule has 1 aromatic rings. The average Bonchev–Trinajstić information content (AvgIpc) is 3.13. The van der Waals surface area contributed by atoms with E-state index >= 15 is 0 Å². The molecule has 0 aliphatic heterocycles. The number of ketones is 1. The zero-order valence-corrected chi connectivity index (χ0v) is 12.1. The molecule has 1 amide bonds. The highest BCUT2D eigenvalue weighted by molar-refractivity contribution is 6.01. The van der Waals surface area contributed by atoms with Gasteiger partial charge in [-0.25, -0.2) is 4.98 Å². The van der Waals surface area contributed by atoms with Crippen molar-refractivity contribution in [2.24, 2.45) is 11.8 Å². The van der Waals surface area contributed by atoms with Crippen molar-refractivity contribution >= 4 is 11.7 Å². The summed E-state index contributed by atoms with van der Waals surface area (Å²) in [6.07, 6.45) is 3.12. The summed E-state index contributed by atoms with van der Waals surface area (Å²) >= 11 is 0. The summed E-state index contributed by atoms with van der Waals surface area (Å²) in [5, 5.41) is 2.69. The topological polar surface area (TPSA) is 68.3 Å². The van der Waals surface area contributed by atoms with Gasteiger partial charge in [-0.05, 0) is 31.2 Å². The van der Waals surface area contributed by atoms with Crippen LogP contribution in [0.5, 0.6) is 5.88 Å². The minimum absolute atomic E-state index is 0.0417. The smallest absolute Gasteiger partial charge is 0.256 e. The molecule has 0 saturated heterocycles. The number of methoxy groups -OCH3 is 1. The Morgan fingerprint density at radius 2 is 2.20 bits per heavy atom. The van der Waals surface area contributed by atoms with Crippen LogP contribution in [0.25, 0.3) is 0 Å². The first-order valence-electron chi connectivity index (χ1n) is 6.92. The Balaban J connectivity index is 2.19. The third-order valence-electron chi connectivity index (χ3n) is 3.67. The number of carbonyl (C=O) groups is 2. The Morgan fingerprint density at radius 3 is 2.75 bits per heavy atom. The van der Waals surface area contributed by atoms with Gasteiger partial charge in [0.05, 0.1) is 7.11 Å². The van der Waals surface area contributed by atoms with Gasteiger partial charge in [0.1, 0.15) is 5.56 Å². The fraction of sp³-hybridized carbons (Fsp3) is 0.533. The lowest BCUT2D eigenvalue weighted by molar-refractivity contribution is 0.0952. The van der Waals surface area contributed by atoms with E-state index in [4.69, 9.17) is 4.74 Å². The van der Waals surface area contributed by atoms with E-state index in [-0.39, 0.29) is 17.6 Å².